The van der Waals surface area contributed by atoms with Gasteiger partial charge in [0.25, 0.3) is 0 Å². The number of rotatable bonds is 3. The molecule has 1 fully saturated rings. The zero-order valence-corrected chi connectivity index (χ0v) is 5.82. The van der Waals surface area contributed by atoms with Crippen molar-refractivity contribution in [2.45, 2.75) is 19.3 Å². The molecule has 0 heterocycles. The quantitative estimate of drug-likeness (QED) is 0.616. The average molecular weight is 149 g/mol. The first-order valence-electron chi connectivity index (χ1n) is 3.01. The zero-order chi connectivity index (χ0) is 6.91. The van der Waals surface area contributed by atoms with Crippen LogP contribution in [0.5, 0.6) is 0 Å². The van der Waals surface area contributed by atoms with Gasteiger partial charge in [-0.05, 0) is 19.3 Å². The van der Waals surface area contributed by atoms with Crippen molar-refractivity contribution in [1.29, 1.82) is 0 Å². The van der Waals surface area contributed by atoms with E-state index in [0.717, 1.165) is 12.8 Å². The lowest BCUT2D eigenvalue weighted by atomic mass is 10.1. The van der Waals surface area contributed by atoms with E-state index >= 15 is 0 Å². The van der Waals surface area contributed by atoms with E-state index in [1.807, 2.05) is 0 Å². The molecule has 1 N–H and O–H groups in total. The van der Waals surface area contributed by atoms with Gasteiger partial charge in [-0.3, -0.25) is 4.79 Å². The molecule has 2 nitrogen and oxygen atoms in total. The minimum atomic E-state index is -0.678. The van der Waals surface area contributed by atoms with Gasteiger partial charge in [-0.2, -0.15) is 0 Å². The number of halogens is 1. The number of alkyl halides is 1. The van der Waals surface area contributed by atoms with Crippen molar-refractivity contribution in [2.24, 2.45) is 5.41 Å². The molecular formula is C6H9ClO2. The summed E-state index contributed by atoms with van der Waals surface area (Å²) in [6, 6.07) is 0. The molecule has 0 radical (unpaired) electrons. The third-order valence-corrected chi connectivity index (χ3v) is 2.07. The second kappa shape index (κ2) is 2.18. The molecule has 1 rings (SSSR count). The van der Waals surface area contributed by atoms with Gasteiger partial charge in [0.1, 0.15) is 0 Å². The highest BCUT2D eigenvalue weighted by Crippen LogP contribution is 2.49. The Labute approximate surface area is 58.8 Å². The van der Waals surface area contributed by atoms with Gasteiger partial charge in [0, 0.05) is 5.88 Å². The van der Waals surface area contributed by atoms with Crippen molar-refractivity contribution in [2.75, 3.05) is 5.88 Å². The normalized spacial score (nSPS) is 21.4. The smallest absolute Gasteiger partial charge is 0.309 e. The number of hydrogen-bond acceptors (Lipinski definition) is 1. The van der Waals surface area contributed by atoms with Crippen LogP contribution in [0, 0.1) is 5.41 Å². The van der Waals surface area contributed by atoms with Gasteiger partial charge in [0.15, 0.2) is 0 Å². The Balaban J connectivity index is 2.43. The second-order valence-electron chi connectivity index (χ2n) is 2.52. The van der Waals surface area contributed by atoms with Crippen molar-refractivity contribution in [3.63, 3.8) is 0 Å². The Morgan fingerprint density at radius 3 is 2.33 bits per heavy atom. The molecule has 0 amide bonds. The lowest BCUT2D eigenvalue weighted by Gasteiger charge is -2.03. The van der Waals surface area contributed by atoms with Crippen LogP contribution in [0.25, 0.3) is 0 Å². The Kier molecular flexibility index (Phi) is 1.66. The van der Waals surface area contributed by atoms with E-state index in [9.17, 15) is 4.79 Å². The fourth-order valence-corrected chi connectivity index (χ4v) is 1.26. The molecule has 0 saturated heterocycles. The fraction of sp³-hybridized carbons (Fsp3) is 0.833. The monoisotopic (exact) mass is 148 g/mol. The Morgan fingerprint density at radius 2 is 2.22 bits per heavy atom. The molecule has 52 valence electrons. The third kappa shape index (κ3) is 1.18. The summed E-state index contributed by atoms with van der Waals surface area (Å²) in [5.74, 6) is -0.213. The van der Waals surface area contributed by atoms with Crippen LogP contribution in [0.2, 0.25) is 0 Å². The van der Waals surface area contributed by atoms with Crippen LogP contribution in [-0.2, 0) is 4.79 Å². The van der Waals surface area contributed by atoms with E-state index in [1.54, 1.807) is 0 Å². The first-order valence-corrected chi connectivity index (χ1v) is 3.54. The molecular weight excluding hydrogens is 140 g/mol. The lowest BCUT2D eigenvalue weighted by Crippen LogP contribution is -2.14. The van der Waals surface area contributed by atoms with Crippen LogP contribution in [0.4, 0.5) is 0 Å². The summed E-state index contributed by atoms with van der Waals surface area (Å²) in [6.07, 6.45) is 2.26. The Hall–Kier alpha value is -0.240. The summed E-state index contributed by atoms with van der Waals surface area (Å²) >= 11 is 5.41. The maximum atomic E-state index is 10.4. The summed E-state index contributed by atoms with van der Waals surface area (Å²) in [5, 5.41) is 8.58. The predicted molar refractivity (Wildman–Crippen MR) is 34.6 cm³/mol. The maximum Gasteiger partial charge on any atom is 0.309 e. The van der Waals surface area contributed by atoms with Crippen LogP contribution >= 0.6 is 11.6 Å². The van der Waals surface area contributed by atoms with Crippen LogP contribution in [-0.4, -0.2) is 17.0 Å². The van der Waals surface area contributed by atoms with E-state index in [-0.39, 0.29) is 0 Å². The molecule has 0 bridgehead atoms. The van der Waals surface area contributed by atoms with Crippen LogP contribution < -0.4 is 0 Å². The van der Waals surface area contributed by atoms with Gasteiger partial charge in [-0.25, -0.2) is 0 Å². The predicted octanol–water partition coefficient (Wildman–Crippen LogP) is 1.48. The molecule has 1 aliphatic rings. The molecule has 1 saturated carbocycles. The van der Waals surface area contributed by atoms with Crippen molar-refractivity contribution in [3.8, 4) is 0 Å². The number of carbonyl (C=O) groups is 1. The molecule has 0 unspecified atom stereocenters. The van der Waals surface area contributed by atoms with Crippen molar-refractivity contribution in [3.05, 3.63) is 0 Å². The van der Waals surface area contributed by atoms with E-state index < -0.39 is 11.4 Å². The standard InChI is InChI=1S/C6H9ClO2/c7-4-3-6(1-2-6)5(8)9/h1-4H2,(H,8,9). The molecule has 0 atom stereocenters. The Bertz CT molecular complexity index is 129. The molecule has 3 heteroatoms. The van der Waals surface area contributed by atoms with E-state index in [2.05, 4.69) is 0 Å². The van der Waals surface area contributed by atoms with Gasteiger partial charge in [-0.15, -0.1) is 11.6 Å². The first-order chi connectivity index (χ1) is 4.21. The van der Waals surface area contributed by atoms with Gasteiger partial charge >= 0.3 is 5.97 Å². The fourth-order valence-electron chi connectivity index (χ4n) is 0.903. The topological polar surface area (TPSA) is 37.3 Å². The van der Waals surface area contributed by atoms with E-state index in [1.165, 1.54) is 0 Å². The first kappa shape index (κ1) is 6.87. The summed E-state index contributed by atoms with van der Waals surface area (Å²) in [4.78, 5) is 10.4. The van der Waals surface area contributed by atoms with Crippen LogP contribution in [0.15, 0.2) is 0 Å². The van der Waals surface area contributed by atoms with Gasteiger partial charge in [-0.1, -0.05) is 0 Å². The summed E-state index contributed by atoms with van der Waals surface area (Å²) in [6.45, 7) is 0. The number of carboxylic acid groups (broad SMARTS) is 1. The highest BCUT2D eigenvalue weighted by atomic mass is 35.5. The lowest BCUT2D eigenvalue weighted by molar-refractivity contribution is -0.143. The molecule has 9 heavy (non-hydrogen) atoms. The summed E-state index contributed by atoms with van der Waals surface area (Å²) < 4.78 is 0. The van der Waals surface area contributed by atoms with Crippen LogP contribution in [0.3, 0.4) is 0 Å². The summed E-state index contributed by atoms with van der Waals surface area (Å²) in [7, 11) is 0. The van der Waals surface area contributed by atoms with E-state index in [4.69, 9.17) is 16.7 Å². The van der Waals surface area contributed by atoms with Crippen molar-refractivity contribution < 1.29 is 9.90 Å². The molecule has 0 aliphatic heterocycles. The van der Waals surface area contributed by atoms with Crippen LogP contribution in [0.1, 0.15) is 19.3 Å². The molecule has 0 aromatic rings. The third-order valence-electron chi connectivity index (χ3n) is 1.88. The molecule has 0 aromatic carbocycles. The maximum absolute atomic E-state index is 10.4. The zero-order valence-electron chi connectivity index (χ0n) is 5.06. The SMILES string of the molecule is O=C(O)C1(CCCl)CC1. The number of hydrogen-bond donors (Lipinski definition) is 1. The Morgan fingerprint density at radius 1 is 1.67 bits per heavy atom. The number of aliphatic carboxylic acids is 1. The number of carboxylic acids is 1. The molecule has 0 spiro atoms. The largest absolute Gasteiger partial charge is 0.481 e. The van der Waals surface area contributed by atoms with Gasteiger partial charge in [0.05, 0.1) is 5.41 Å². The highest BCUT2D eigenvalue weighted by Gasteiger charge is 2.49. The average Bonchev–Trinajstić information content (AvgIpc) is 2.49. The highest BCUT2D eigenvalue weighted by molar-refractivity contribution is 6.18. The van der Waals surface area contributed by atoms with Gasteiger partial charge in [0.2, 0.25) is 0 Å². The molecule has 0 aromatic heterocycles. The second-order valence-corrected chi connectivity index (χ2v) is 2.90. The van der Waals surface area contributed by atoms with E-state index in [0.29, 0.717) is 12.3 Å². The van der Waals surface area contributed by atoms with Crippen molar-refractivity contribution >= 4 is 17.6 Å². The van der Waals surface area contributed by atoms with Crippen molar-refractivity contribution in [1.82, 2.24) is 0 Å². The summed E-state index contributed by atoms with van der Waals surface area (Å²) in [5.41, 5.74) is -0.415. The van der Waals surface area contributed by atoms with Gasteiger partial charge < -0.3 is 5.11 Å². The minimum absolute atomic E-state index is 0.415. The molecule has 1 aliphatic carbocycles. The minimum Gasteiger partial charge on any atom is -0.481 e.